The van der Waals surface area contributed by atoms with Crippen LogP contribution in [0.25, 0.3) is 10.9 Å². The maximum atomic E-state index is 13.2. The Balaban J connectivity index is 1.69. The van der Waals surface area contributed by atoms with Crippen molar-refractivity contribution in [1.82, 2.24) is 9.66 Å². The Morgan fingerprint density at radius 1 is 1.14 bits per heavy atom. The van der Waals surface area contributed by atoms with E-state index in [0.717, 1.165) is 19.2 Å². The highest BCUT2D eigenvalue weighted by Gasteiger charge is 2.14. The summed E-state index contributed by atoms with van der Waals surface area (Å²) in [6.07, 6.45) is 2.20. The van der Waals surface area contributed by atoms with Gasteiger partial charge in [-0.05, 0) is 71.5 Å². The SMILES string of the molecule is CCOc1cc(C=Nn2c(CC)nc3ccc(Br)cc3c2=O)cc(I)c1OCc1ccccc1Cl. The summed E-state index contributed by atoms with van der Waals surface area (Å²) in [6.45, 7) is 4.65. The Hall–Kier alpha value is -2.43. The zero-order chi connectivity index (χ0) is 24.9. The molecule has 0 bridgehead atoms. The molecule has 0 fully saturated rings. The Kier molecular flexibility index (Phi) is 8.46. The molecular formula is C26H22BrClIN3O3. The maximum Gasteiger partial charge on any atom is 0.282 e. The van der Waals surface area contributed by atoms with Crippen molar-refractivity contribution in [3.63, 3.8) is 0 Å². The third-order valence-corrected chi connectivity index (χ3v) is 6.84. The normalized spacial score (nSPS) is 11.3. The van der Waals surface area contributed by atoms with Crippen LogP contribution in [0.4, 0.5) is 0 Å². The predicted molar refractivity (Wildman–Crippen MR) is 152 cm³/mol. The number of aromatic nitrogens is 2. The fourth-order valence-corrected chi connectivity index (χ4v) is 4.83. The van der Waals surface area contributed by atoms with Crippen molar-refractivity contribution in [3.8, 4) is 11.5 Å². The number of hydrogen-bond acceptors (Lipinski definition) is 5. The number of halogens is 3. The third kappa shape index (κ3) is 5.87. The summed E-state index contributed by atoms with van der Waals surface area (Å²) in [4.78, 5) is 17.8. The van der Waals surface area contributed by atoms with E-state index in [9.17, 15) is 4.79 Å². The largest absolute Gasteiger partial charge is 0.490 e. The van der Waals surface area contributed by atoms with Gasteiger partial charge in [-0.2, -0.15) is 9.78 Å². The highest BCUT2D eigenvalue weighted by molar-refractivity contribution is 14.1. The molecule has 0 atom stereocenters. The molecule has 4 aromatic rings. The molecule has 0 spiro atoms. The summed E-state index contributed by atoms with van der Waals surface area (Å²) in [5, 5.41) is 5.64. The number of fused-ring (bicyclic) bond motifs is 1. The van der Waals surface area contributed by atoms with Crippen molar-refractivity contribution < 1.29 is 9.47 Å². The van der Waals surface area contributed by atoms with Gasteiger partial charge in [-0.15, -0.1) is 0 Å². The molecule has 0 N–H and O–H groups in total. The van der Waals surface area contributed by atoms with E-state index in [0.29, 0.717) is 52.9 Å². The highest BCUT2D eigenvalue weighted by Crippen LogP contribution is 2.35. The summed E-state index contributed by atoms with van der Waals surface area (Å²) in [5.74, 6) is 1.81. The molecule has 1 aromatic heterocycles. The van der Waals surface area contributed by atoms with Crippen LogP contribution in [0.2, 0.25) is 5.02 Å². The minimum absolute atomic E-state index is 0.219. The van der Waals surface area contributed by atoms with Gasteiger partial charge in [0.25, 0.3) is 5.56 Å². The summed E-state index contributed by atoms with van der Waals surface area (Å²) in [7, 11) is 0. The van der Waals surface area contributed by atoms with Crippen LogP contribution in [0.3, 0.4) is 0 Å². The average Bonchev–Trinajstić information content (AvgIpc) is 2.84. The van der Waals surface area contributed by atoms with Gasteiger partial charge in [0.15, 0.2) is 11.5 Å². The molecule has 1 heterocycles. The second-order valence-electron chi connectivity index (χ2n) is 7.55. The Morgan fingerprint density at radius 3 is 2.69 bits per heavy atom. The van der Waals surface area contributed by atoms with Crippen LogP contribution in [0.15, 0.2) is 69.0 Å². The number of hydrogen-bond donors (Lipinski definition) is 0. The second kappa shape index (κ2) is 11.5. The van der Waals surface area contributed by atoms with Gasteiger partial charge in [0, 0.05) is 21.5 Å². The van der Waals surface area contributed by atoms with Gasteiger partial charge >= 0.3 is 0 Å². The third-order valence-electron chi connectivity index (χ3n) is 5.18. The summed E-state index contributed by atoms with van der Waals surface area (Å²) in [6, 6.07) is 16.8. The Bertz CT molecular complexity index is 1470. The smallest absolute Gasteiger partial charge is 0.282 e. The Morgan fingerprint density at radius 2 is 1.94 bits per heavy atom. The van der Waals surface area contributed by atoms with Crippen LogP contribution in [0, 0.1) is 3.57 Å². The first-order valence-corrected chi connectivity index (χ1v) is 13.2. The topological polar surface area (TPSA) is 65.7 Å². The lowest BCUT2D eigenvalue weighted by atomic mass is 10.2. The minimum Gasteiger partial charge on any atom is -0.490 e. The fraction of sp³-hybridized carbons (Fsp3) is 0.192. The number of rotatable bonds is 8. The molecular weight excluding hydrogens is 645 g/mol. The lowest BCUT2D eigenvalue weighted by Gasteiger charge is -2.15. The first kappa shape index (κ1) is 25.7. The van der Waals surface area contributed by atoms with Gasteiger partial charge in [0.2, 0.25) is 0 Å². The van der Waals surface area contributed by atoms with Crippen LogP contribution in [-0.2, 0) is 13.0 Å². The molecule has 0 amide bonds. The number of nitrogens with zero attached hydrogens (tertiary/aromatic N) is 3. The molecule has 0 aliphatic carbocycles. The molecule has 35 heavy (non-hydrogen) atoms. The van der Waals surface area contributed by atoms with E-state index in [1.165, 1.54) is 4.68 Å². The van der Waals surface area contributed by atoms with Crippen molar-refractivity contribution in [2.24, 2.45) is 5.10 Å². The lowest BCUT2D eigenvalue weighted by Crippen LogP contribution is -2.22. The van der Waals surface area contributed by atoms with E-state index in [4.69, 9.17) is 21.1 Å². The first-order chi connectivity index (χ1) is 16.9. The van der Waals surface area contributed by atoms with Crippen molar-refractivity contribution in [2.45, 2.75) is 26.9 Å². The number of aryl methyl sites for hydroxylation is 1. The average molecular weight is 667 g/mol. The van der Waals surface area contributed by atoms with Crippen molar-refractivity contribution in [2.75, 3.05) is 6.61 Å². The highest BCUT2D eigenvalue weighted by atomic mass is 127. The summed E-state index contributed by atoms with van der Waals surface area (Å²) >= 11 is 11.9. The second-order valence-corrected chi connectivity index (χ2v) is 10.0. The Labute approximate surface area is 230 Å². The van der Waals surface area contributed by atoms with Gasteiger partial charge in [-0.25, -0.2) is 4.98 Å². The van der Waals surface area contributed by atoms with Crippen molar-refractivity contribution in [1.29, 1.82) is 0 Å². The molecule has 9 heteroatoms. The van der Waals surface area contributed by atoms with Gasteiger partial charge in [0.1, 0.15) is 12.4 Å². The quantitative estimate of drug-likeness (QED) is 0.153. The molecule has 0 radical (unpaired) electrons. The lowest BCUT2D eigenvalue weighted by molar-refractivity contribution is 0.267. The van der Waals surface area contributed by atoms with E-state index >= 15 is 0 Å². The first-order valence-electron chi connectivity index (χ1n) is 11.0. The molecule has 180 valence electrons. The molecule has 0 aliphatic heterocycles. The van der Waals surface area contributed by atoms with E-state index in [2.05, 4.69) is 48.6 Å². The van der Waals surface area contributed by atoms with Gasteiger partial charge in [-0.3, -0.25) is 4.79 Å². The van der Waals surface area contributed by atoms with E-state index < -0.39 is 0 Å². The molecule has 4 rings (SSSR count). The molecule has 0 saturated carbocycles. The molecule has 0 unspecified atom stereocenters. The van der Waals surface area contributed by atoms with Crippen LogP contribution in [0.5, 0.6) is 11.5 Å². The summed E-state index contributed by atoms with van der Waals surface area (Å²) < 4.78 is 15.0. The predicted octanol–water partition coefficient (Wildman–Crippen LogP) is 6.84. The zero-order valence-electron chi connectivity index (χ0n) is 19.1. The number of benzene rings is 3. The van der Waals surface area contributed by atoms with Gasteiger partial charge in [0.05, 0.1) is 27.3 Å². The van der Waals surface area contributed by atoms with Gasteiger partial charge < -0.3 is 9.47 Å². The molecule has 6 nitrogen and oxygen atoms in total. The minimum atomic E-state index is -0.219. The van der Waals surface area contributed by atoms with E-state index in [1.807, 2.05) is 62.4 Å². The van der Waals surface area contributed by atoms with Crippen LogP contribution in [0.1, 0.15) is 30.8 Å². The molecule has 0 saturated heterocycles. The van der Waals surface area contributed by atoms with Crippen LogP contribution >= 0.6 is 50.1 Å². The zero-order valence-corrected chi connectivity index (χ0v) is 23.6. The van der Waals surface area contributed by atoms with E-state index in [-0.39, 0.29) is 5.56 Å². The molecule has 0 aliphatic rings. The summed E-state index contributed by atoms with van der Waals surface area (Å²) in [5.41, 5.74) is 2.09. The van der Waals surface area contributed by atoms with Crippen molar-refractivity contribution >= 4 is 67.2 Å². The van der Waals surface area contributed by atoms with Crippen LogP contribution < -0.4 is 15.0 Å². The fourth-order valence-electron chi connectivity index (χ4n) is 3.50. The maximum absolute atomic E-state index is 13.2. The standard InChI is InChI=1S/C26H22BrClIN3O3/c1-3-24-31-22-10-9-18(27)13-19(22)26(33)32(24)30-14-16-11-21(29)25(23(12-16)34-4-2)35-15-17-7-5-6-8-20(17)28/h5-14H,3-4,15H2,1-2H3. The van der Waals surface area contributed by atoms with Crippen LogP contribution in [-0.4, -0.2) is 22.5 Å². The molecule has 3 aromatic carbocycles. The van der Waals surface area contributed by atoms with E-state index in [1.54, 1.807) is 12.3 Å². The van der Waals surface area contributed by atoms with Crippen molar-refractivity contribution in [3.05, 3.63) is 95.0 Å². The number of ether oxygens (including phenoxy) is 2. The monoisotopic (exact) mass is 665 g/mol. The van der Waals surface area contributed by atoms with Gasteiger partial charge in [-0.1, -0.05) is 52.7 Å².